The molecule has 3 heteroatoms. The summed E-state index contributed by atoms with van der Waals surface area (Å²) >= 11 is 0. The van der Waals surface area contributed by atoms with Crippen molar-refractivity contribution in [2.75, 3.05) is 13.6 Å². The van der Waals surface area contributed by atoms with Crippen LogP contribution in [0, 0.1) is 11.3 Å². The molecule has 0 saturated heterocycles. The van der Waals surface area contributed by atoms with E-state index in [4.69, 9.17) is 0 Å². The molecule has 0 saturated carbocycles. The first-order valence-electron chi connectivity index (χ1n) is 6.89. The van der Waals surface area contributed by atoms with Gasteiger partial charge in [0.05, 0.1) is 5.41 Å². The Bertz CT molecular complexity index is 398. The lowest BCUT2D eigenvalue weighted by Crippen LogP contribution is -2.43. The van der Waals surface area contributed by atoms with Crippen molar-refractivity contribution in [3.63, 3.8) is 0 Å². The van der Waals surface area contributed by atoms with Gasteiger partial charge in [-0.3, -0.25) is 4.79 Å². The average molecular weight is 262 g/mol. The fraction of sp³-hybridized carbons (Fsp3) is 0.562. The van der Waals surface area contributed by atoms with Gasteiger partial charge in [-0.1, -0.05) is 44.2 Å². The van der Waals surface area contributed by atoms with Gasteiger partial charge in [0, 0.05) is 19.6 Å². The lowest BCUT2D eigenvalue weighted by atomic mass is 9.89. The van der Waals surface area contributed by atoms with Gasteiger partial charge in [0.2, 0.25) is 5.91 Å². The predicted molar refractivity (Wildman–Crippen MR) is 79.9 cm³/mol. The summed E-state index contributed by atoms with van der Waals surface area (Å²) in [5, 5.41) is 6.25. The number of amides is 1. The molecule has 19 heavy (non-hydrogen) atoms. The molecular formula is C16H26N2O. The van der Waals surface area contributed by atoms with Crippen LogP contribution in [0.2, 0.25) is 0 Å². The molecule has 1 aromatic carbocycles. The minimum Gasteiger partial charge on any atom is -0.359 e. The van der Waals surface area contributed by atoms with E-state index in [0.29, 0.717) is 12.5 Å². The van der Waals surface area contributed by atoms with Crippen LogP contribution >= 0.6 is 0 Å². The molecule has 0 spiro atoms. The van der Waals surface area contributed by atoms with Crippen molar-refractivity contribution < 1.29 is 4.79 Å². The molecule has 1 atom stereocenters. The zero-order chi connectivity index (χ0) is 14.5. The minimum absolute atomic E-state index is 0.0653. The highest BCUT2D eigenvalue weighted by molar-refractivity contribution is 5.81. The summed E-state index contributed by atoms with van der Waals surface area (Å²) in [6, 6.07) is 10.7. The Labute approximate surface area is 116 Å². The topological polar surface area (TPSA) is 41.1 Å². The van der Waals surface area contributed by atoms with Gasteiger partial charge >= 0.3 is 0 Å². The summed E-state index contributed by atoms with van der Waals surface area (Å²) in [4.78, 5) is 11.8. The van der Waals surface area contributed by atoms with Crippen molar-refractivity contribution in [1.82, 2.24) is 10.6 Å². The molecule has 2 N–H and O–H groups in total. The highest BCUT2D eigenvalue weighted by atomic mass is 16.2. The van der Waals surface area contributed by atoms with Crippen molar-refractivity contribution in [2.24, 2.45) is 11.3 Å². The molecule has 0 bridgehead atoms. The van der Waals surface area contributed by atoms with Gasteiger partial charge in [0.1, 0.15) is 0 Å². The van der Waals surface area contributed by atoms with Gasteiger partial charge in [-0.2, -0.15) is 0 Å². The second-order valence-corrected chi connectivity index (χ2v) is 5.98. The van der Waals surface area contributed by atoms with Gasteiger partial charge in [-0.25, -0.2) is 0 Å². The quantitative estimate of drug-likeness (QED) is 0.827. The molecule has 0 aliphatic heterocycles. The molecule has 0 fully saturated rings. The highest BCUT2D eigenvalue weighted by Gasteiger charge is 2.28. The maximum atomic E-state index is 11.8. The summed E-state index contributed by atoms with van der Waals surface area (Å²) < 4.78 is 0. The van der Waals surface area contributed by atoms with E-state index < -0.39 is 5.41 Å². The van der Waals surface area contributed by atoms with Crippen LogP contribution in [-0.4, -0.2) is 19.5 Å². The van der Waals surface area contributed by atoms with E-state index in [9.17, 15) is 4.79 Å². The Balaban J connectivity index is 2.74. The first-order chi connectivity index (χ1) is 8.88. The maximum absolute atomic E-state index is 11.8. The fourth-order valence-electron chi connectivity index (χ4n) is 2.18. The van der Waals surface area contributed by atoms with E-state index >= 15 is 0 Å². The third-order valence-corrected chi connectivity index (χ3v) is 3.43. The number of benzene rings is 1. The number of carbonyl (C=O) groups excluding carboxylic acids is 1. The molecule has 0 heterocycles. The van der Waals surface area contributed by atoms with Crippen LogP contribution in [0.4, 0.5) is 0 Å². The Morgan fingerprint density at radius 1 is 1.21 bits per heavy atom. The molecule has 1 amide bonds. The standard InChI is InChI=1S/C16H26N2O/c1-12(2)14(13-9-7-6-8-10-13)18-11-16(3,4)15(19)17-5/h6-10,12,14,18H,11H2,1-5H3,(H,17,19). The van der Waals surface area contributed by atoms with E-state index in [-0.39, 0.29) is 11.9 Å². The van der Waals surface area contributed by atoms with Gasteiger partial charge < -0.3 is 10.6 Å². The lowest BCUT2D eigenvalue weighted by molar-refractivity contribution is -0.128. The maximum Gasteiger partial charge on any atom is 0.226 e. The van der Waals surface area contributed by atoms with Crippen molar-refractivity contribution in [2.45, 2.75) is 33.7 Å². The third-order valence-electron chi connectivity index (χ3n) is 3.43. The second-order valence-electron chi connectivity index (χ2n) is 5.98. The van der Waals surface area contributed by atoms with E-state index in [1.807, 2.05) is 19.9 Å². The molecular weight excluding hydrogens is 236 g/mol. The normalized spacial score (nSPS) is 13.4. The van der Waals surface area contributed by atoms with Gasteiger partial charge in [0.25, 0.3) is 0 Å². The molecule has 3 nitrogen and oxygen atoms in total. The van der Waals surface area contributed by atoms with Crippen LogP contribution in [0.1, 0.15) is 39.3 Å². The monoisotopic (exact) mass is 262 g/mol. The molecule has 1 unspecified atom stereocenters. The SMILES string of the molecule is CNC(=O)C(C)(C)CNC(c1ccccc1)C(C)C. The molecule has 1 aromatic rings. The van der Waals surface area contributed by atoms with Crippen molar-refractivity contribution >= 4 is 5.91 Å². The van der Waals surface area contributed by atoms with E-state index in [0.717, 1.165) is 0 Å². The smallest absolute Gasteiger partial charge is 0.226 e. The fourth-order valence-corrected chi connectivity index (χ4v) is 2.18. The largest absolute Gasteiger partial charge is 0.359 e. The number of hydrogen-bond donors (Lipinski definition) is 2. The van der Waals surface area contributed by atoms with Crippen LogP contribution in [-0.2, 0) is 4.79 Å². The van der Waals surface area contributed by atoms with Gasteiger partial charge in [-0.15, -0.1) is 0 Å². The second kappa shape index (κ2) is 6.71. The summed E-state index contributed by atoms with van der Waals surface area (Å²) in [5.41, 5.74) is 0.863. The van der Waals surface area contributed by atoms with Crippen molar-refractivity contribution in [1.29, 1.82) is 0 Å². The molecule has 0 radical (unpaired) electrons. The number of hydrogen-bond acceptors (Lipinski definition) is 2. The number of nitrogens with one attached hydrogen (secondary N) is 2. The first kappa shape index (κ1) is 15.7. The lowest BCUT2D eigenvalue weighted by Gasteiger charge is -2.29. The summed E-state index contributed by atoms with van der Waals surface area (Å²) in [5.74, 6) is 0.540. The summed E-state index contributed by atoms with van der Waals surface area (Å²) in [7, 11) is 1.68. The third kappa shape index (κ3) is 4.35. The van der Waals surface area contributed by atoms with E-state index in [1.54, 1.807) is 7.05 Å². The average Bonchev–Trinajstić information content (AvgIpc) is 2.38. The highest BCUT2D eigenvalue weighted by Crippen LogP contribution is 2.23. The van der Waals surface area contributed by atoms with Gasteiger partial charge in [-0.05, 0) is 25.3 Å². The van der Waals surface area contributed by atoms with Crippen molar-refractivity contribution in [3.8, 4) is 0 Å². The Morgan fingerprint density at radius 3 is 2.26 bits per heavy atom. The van der Waals surface area contributed by atoms with Crippen LogP contribution in [0.3, 0.4) is 0 Å². The molecule has 0 aliphatic rings. The predicted octanol–water partition coefficient (Wildman–Crippen LogP) is 2.75. The Hall–Kier alpha value is -1.35. The minimum atomic E-state index is -0.406. The zero-order valence-electron chi connectivity index (χ0n) is 12.7. The van der Waals surface area contributed by atoms with E-state index in [1.165, 1.54) is 5.56 Å². The van der Waals surface area contributed by atoms with Crippen LogP contribution in [0.15, 0.2) is 30.3 Å². The number of rotatable bonds is 6. The molecule has 1 rings (SSSR count). The molecule has 106 valence electrons. The van der Waals surface area contributed by atoms with E-state index in [2.05, 4.69) is 48.7 Å². The Morgan fingerprint density at radius 2 is 1.79 bits per heavy atom. The zero-order valence-corrected chi connectivity index (χ0v) is 12.7. The van der Waals surface area contributed by atoms with Crippen LogP contribution < -0.4 is 10.6 Å². The van der Waals surface area contributed by atoms with Crippen molar-refractivity contribution in [3.05, 3.63) is 35.9 Å². The van der Waals surface area contributed by atoms with Crippen LogP contribution in [0.25, 0.3) is 0 Å². The number of carbonyl (C=O) groups is 1. The Kier molecular flexibility index (Phi) is 5.55. The van der Waals surface area contributed by atoms with Gasteiger partial charge in [0.15, 0.2) is 0 Å². The first-order valence-corrected chi connectivity index (χ1v) is 6.89. The summed E-state index contributed by atoms with van der Waals surface area (Å²) in [6.45, 7) is 8.96. The summed E-state index contributed by atoms with van der Waals surface area (Å²) in [6.07, 6.45) is 0. The molecule has 0 aliphatic carbocycles. The van der Waals surface area contributed by atoms with Crippen LogP contribution in [0.5, 0.6) is 0 Å². The molecule has 0 aromatic heterocycles.